The Hall–Kier alpha value is -1.93. The fourth-order valence-corrected chi connectivity index (χ4v) is 2.39. The predicted octanol–water partition coefficient (Wildman–Crippen LogP) is -7.01. The Balaban J connectivity index is 0.00000156. The van der Waals surface area contributed by atoms with Gasteiger partial charge in [0, 0.05) is 6.08 Å². The van der Waals surface area contributed by atoms with E-state index in [2.05, 4.69) is 66.4 Å². The molecule has 8 heteroatoms. The minimum Gasteiger partial charge on any atom is -1.00 e. The molecular weight excluding hydrogens is 448 g/mol. The molecule has 0 saturated heterocycles. The average Bonchev–Trinajstić information content (AvgIpc) is 3.18. The number of hydrazone groups is 1. The molecule has 0 amide bonds. The second-order valence-corrected chi connectivity index (χ2v) is 5.48. The van der Waals surface area contributed by atoms with Crippen LogP contribution in [0.3, 0.4) is 0 Å². The molecule has 1 aromatic carbocycles. The molecule has 6 nitrogen and oxygen atoms in total. The van der Waals surface area contributed by atoms with Crippen molar-refractivity contribution in [2.24, 2.45) is 19.2 Å². The van der Waals surface area contributed by atoms with Gasteiger partial charge in [-0.2, -0.15) is 5.43 Å². The van der Waals surface area contributed by atoms with Gasteiger partial charge in [-0.3, -0.25) is 10.3 Å². The molecule has 3 N–H and O–H groups in total. The van der Waals surface area contributed by atoms with E-state index in [0.29, 0.717) is 0 Å². The van der Waals surface area contributed by atoms with E-state index in [4.69, 9.17) is 0 Å². The molecule has 0 fully saturated rings. The van der Waals surface area contributed by atoms with Crippen molar-refractivity contribution < 1.29 is 43.5 Å². The summed E-state index contributed by atoms with van der Waals surface area (Å²) in [4.78, 5) is 3.16. The minimum absolute atomic E-state index is 0. The number of hydrogen-bond donors (Lipinski definition) is 3. The Morgan fingerprint density at radius 2 is 1.92 bits per heavy atom. The Morgan fingerprint density at radius 3 is 2.52 bits per heavy atom. The summed E-state index contributed by atoms with van der Waals surface area (Å²) in [6.07, 6.45) is 10.1. The number of aromatic nitrogens is 2. The van der Waals surface area contributed by atoms with Gasteiger partial charge in [-0.1, -0.05) is 24.3 Å². The first-order valence-electron chi connectivity index (χ1n) is 7.65. The molecule has 0 saturated carbocycles. The van der Waals surface area contributed by atoms with E-state index in [1.165, 1.54) is 0 Å². The highest BCUT2D eigenvalue weighted by atomic mass is 79.9. The van der Waals surface area contributed by atoms with Gasteiger partial charge in [0.2, 0.25) is 0 Å². The van der Waals surface area contributed by atoms with E-state index in [0.717, 1.165) is 36.0 Å². The fourth-order valence-electron chi connectivity index (χ4n) is 2.39. The number of guanidine groups is 1. The molecular formula is C17H22Br2N6. The summed E-state index contributed by atoms with van der Waals surface area (Å²) in [5.74, 6) is 2.00. The monoisotopic (exact) mass is 468 g/mol. The smallest absolute Gasteiger partial charge is 0.367 e. The molecule has 1 aliphatic heterocycles. The number of halogens is 2. The molecule has 134 valence electrons. The second-order valence-electron chi connectivity index (χ2n) is 5.48. The van der Waals surface area contributed by atoms with E-state index in [-0.39, 0.29) is 34.0 Å². The van der Waals surface area contributed by atoms with Crippen LogP contribution in [0.2, 0.25) is 0 Å². The molecule has 1 aliphatic rings. The third-order valence-electron chi connectivity index (χ3n) is 3.72. The zero-order chi connectivity index (χ0) is 16.1. The normalized spacial score (nSPS) is 13.3. The Kier molecular flexibility index (Phi) is 8.57. The van der Waals surface area contributed by atoms with Crippen LogP contribution in [0.15, 0.2) is 41.8 Å². The fraction of sp³-hybridized carbons (Fsp3) is 0.235. The molecule has 1 aromatic heterocycles. The minimum atomic E-state index is 0. The van der Waals surface area contributed by atoms with Crippen molar-refractivity contribution in [3.8, 4) is 0 Å². The van der Waals surface area contributed by atoms with E-state index in [9.17, 15) is 0 Å². The lowest BCUT2D eigenvalue weighted by Gasteiger charge is -1.96. The van der Waals surface area contributed by atoms with Crippen molar-refractivity contribution in [3.05, 3.63) is 53.6 Å². The van der Waals surface area contributed by atoms with Crippen molar-refractivity contribution in [2.45, 2.75) is 0 Å². The van der Waals surface area contributed by atoms with Gasteiger partial charge >= 0.3 is 5.96 Å². The van der Waals surface area contributed by atoms with Crippen LogP contribution in [0, 0.1) is 0 Å². The molecule has 25 heavy (non-hydrogen) atoms. The summed E-state index contributed by atoms with van der Waals surface area (Å²) < 4.78 is 4.18. The lowest BCUT2D eigenvalue weighted by molar-refractivity contribution is -0.672. The van der Waals surface area contributed by atoms with E-state index in [1.54, 1.807) is 6.21 Å². The lowest BCUT2D eigenvalue weighted by Crippen LogP contribution is -3.00. The van der Waals surface area contributed by atoms with E-state index in [1.807, 2.05) is 26.5 Å². The van der Waals surface area contributed by atoms with Gasteiger partial charge in [-0.15, -0.1) is 5.10 Å². The van der Waals surface area contributed by atoms with Gasteiger partial charge in [0.05, 0.1) is 33.4 Å². The van der Waals surface area contributed by atoms with Crippen LogP contribution >= 0.6 is 0 Å². The van der Waals surface area contributed by atoms with E-state index < -0.39 is 0 Å². The summed E-state index contributed by atoms with van der Waals surface area (Å²) in [6.45, 7) is 1.86. The van der Waals surface area contributed by atoms with Gasteiger partial charge < -0.3 is 34.0 Å². The zero-order valence-electron chi connectivity index (χ0n) is 14.2. The van der Waals surface area contributed by atoms with Gasteiger partial charge in [-0.05, 0) is 17.2 Å². The first kappa shape index (κ1) is 21.1. The van der Waals surface area contributed by atoms with Gasteiger partial charge in [-0.25, -0.2) is 9.13 Å². The maximum Gasteiger partial charge on any atom is 0.367 e. The molecule has 0 aliphatic carbocycles. The number of imidazole rings is 1. The summed E-state index contributed by atoms with van der Waals surface area (Å²) in [5, 5.41) is 7.36. The number of nitrogens with zero attached hydrogens (tertiary/aromatic N) is 3. The number of benzene rings is 1. The van der Waals surface area contributed by atoms with Crippen LogP contribution in [0.25, 0.3) is 12.2 Å². The molecule has 0 bridgehead atoms. The Labute approximate surface area is 168 Å². The van der Waals surface area contributed by atoms with Crippen molar-refractivity contribution in [1.29, 1.82) is 0 Å². The van der Waals surface area contributed by atoms with Gasteiger partial charge in [0.15, 0.2) is 0 Å². The highest BCUT2D eigenvalue weighted by Crippen LogP contribution is 2.07. The molecule has 2 heterocycles. The van der Waals surface area contributed by atoms with E-state index >= 15 is 0 Å². The summed E-state index contributed by atoms with van der Waals surface area (Å²) in [6, 6.07) is 8.27. The van der Waals surface area contributed by atoms with Crippen LogP contribution in [0.4, 0.5) is 0 Å². The quantitative estimate of drug-likeness (QED) is 0.237. The number of nitrogens with one attached hydrogen (secondary N) is 3. The van der Waals surface area contributed by atoms with Crippen LogP contribution < -0.4 is 54.3 Å². The van der Waals surface area contributed by atoms with Crippen molar-refractivity contribution in [3.63, 3.8) is 0 Å². The van der Waals surface area contributed by atoms with Crippen LogP contribution in [0.5, 0.6) is 0 Å². The lowest BCUT2D eigenvalue weighted by atomic mass is 10.1. The maximum absolute atomic E-state index is 4.20. The molecule has 0 unspecified atom stereocenters. The first-order valence-corrected chi connectivity index (χ1v) is 7.65. The molecule has 0 atom stereocenters. The molecule has 0 radical (unpaired) electrons. The summed E-state index contributed by atoms with van der Waals surface area (Å²) in [7, 11) is 4.08. The maximum atomic E-state index is 4.20. The third-order valence-corrected chi connectivity index (χ3v) is 3.72. The number of rotatable bonds is 4. The Morgan fingerprint density at radius 1 is 1.20 bits per heavy atom. The molecule has 0 spiro atoms. The van der Waals surface area contributed by atoms with Gasteiger partial charge in [0.1, 0.15) is 12.4 Å². The SMILES string of the molecule is Cn1cc[n+](C)c1/C=C/c1ccc(/C=N/NC2=[NH+]CCN2)cc1.[Br-].[Br-]. The van der Waals surface area contributed by atoms with Crippen molar-refractivity contribution >= 4 is 24.3 Å². The molecule has 2 aromatic rings. The highest BCUT2D eigenvalue weighted by Gasteiger charge is 2.09. The van der Waals surface area contributed by atoms with Crippen LogP contribution in [-0.2, 0) is 14.1 Å². The summed E-state index contributed by atoms with van der Waals surface area (Å²) >= 11 is 0. The first-order chi connectivity index (χ1) is 11.2. The van der Waals surface area contributed by atoms with Crippen molar-refractivity contribution in [2.75, 3.05) is 13.1 Å². The van der Waals surface area contributed by atoms with Gasteiger partial charge in [0.25, 0.3) is 5.82 Å². The number of aryl methyl sites for hydroxylation is 2. The highest BCUT2D eigenvalue weighted by molar-refractivity contribution is 5.82. The van der Waals surface area contributed by atoms with Crippen LogP contribution in [-0.4, -0.2) is 29.8 Å². The standard InChI is InChI=1S/C17H20N6.2BrH/c1-22-11-12-23(2)16(22)8-7-14-3-5-15(6-4-14)13-20-21-17-18-9-10-19-17;;/h3-8,11-13H,9-10H2,1-2H3,(H,18,19);2*1H. The Bertz CT molecular complexity index is 742. The number of hydrogen-bond acceptors (Lipinski definition) is 3. The second kappa shape index (κ2) is 10.1. The predicted molar refractivity (Wildman–Crippen MR) is 91.5 cm³/mol. The topological polar surface area (TPSA) is 59.2 Å². The zero-order valence-corrected chi connectivity index (χ0v) is 17.4. The third kappa shape index (κ3) is 5.82. The largest absolute Gasteiger partial charge is 1.00 e. The molecule has 3 rings (SSSR count). The van der Waals surface area contributed by atoms with Crippen molar-refractivity contribution in [1.82, 2.24) is 15.3 Å². The van der Waals surface area contributed by atoms with Crippen LogP contribution in [0.1, 0.15) is 17.0 Å². The average molecular weight is 470 g/mol. The summed E-state index contributed by atoms with van der Waals surface area (Å²) in [5.41, 5.74) is 5.16.